The van der Waals surface area contributed by atoms with Crippen molar-refractivity contribution in [2.45, 2.75) is 58.5 Å². The van der Waals surface area contributed by atoms with Gasteiger partial charge in [0, 0.05) is 18.3 Å². The summed E-state index contributed by atoms with van der Waals surface area (Å²) in [7, 11) is 0. The number of rotatable bonds is 6. The first-order valence-corrected chi connectivity index (χ1v) is 7.78. The molecule has 0 unspecified atom stereocenters. The standard InChI is InChI=1S/C17H27NO/c1-3-14(2)19-17-11-7-10-16(12-17)18-13-15-8-5-4-6-9-15/h7,10-12,14-15,18H,3-6,8-9,13H2,1-2H3/t14-/m0/s1. The second-order valence-electron chi connectivity index (χ2n) is 5.75. The smallest absolute Gasteiger partial charge is 0.121 e. The van der Waals surface area contributed by atoms with E-state index in [4.69, 9.17) is 4.74 Å². The molecule has 1 aromatic rings. The van der Waals surface area contributed by atoms with Crippen molar-refractivity contribution in [3.8, 4) is 5.75 Å². The van der Waals surface area contributed by atoms with Crippen molar-refractivity contribution in [2.24, 2.45) is 5.92 Å². The lowest BCUT2D eigenvalue weighted by molar-refractivity contribution is 0.217. The number of hydrogen-bond donors (Lipinski definition) is 1. The average Bonchev–Trinajstić information content (AvgIpc) is 2.46. The van der Waals surface area contributed by atoms with Crippen LogP contribution < -0.4 is 10.1 Å². The highest BCUT2D eigenvalue weighted by atomic mass is 16.5. The maximum absolute atomic E-state index is 5.86. The second kappa shape index (κ2) is 7.42. The molecular formula is C17H27NO. The van der Waals surface area contributed by atoms with Crippen molar-refractivity contribution in [3.63, 3.8) is 0 Å². The molecule has 0 radical (unpaired) electrons. The predicted octanol–water partition coefficient (Wildman–Crippen LogP) is 4.86. The number of anilines is 1. The minimum Gasteiger partial charge on any atom is -0.491 e. The van der Waals surface area contributed by atoms with Crippen molar-refractivity contribution >= 4 is 5.69 Å². The van der Waals surface area contributed by atoms with Gasteiger partial charge in [0.05, 0.1) is 6.10 Å². The highest BCUT2D eigenvalue weighted by Crippen LogP contribution is 2.25. The summed E-state index contributed by atoms with van der Waals surface area (Å²) in [5, 5.41) is 3.57. The van der Waals surface area contributed by atoms with Crippen LogP contribution in [0, 0.1) is 5.92 Å². The molecule has 1 saturated carbocycles. The molecule has 0 saturated heterocycles. The van der Waals surface area contributed by atoms with Gasteiger partial charge in [-0.15, -0.1) is 0 Å². The van der Waals surface area contributed by atoms with Crippen LogP contribution >= 0.6 is 0 Å². The van der Waals surface area contributed by atoms with E-state index < -0.39 is 0 Å². The SMILES string of the molecule is CC[C@H](C)Oc1cccc(NCC2CCCCC2)c1. The van der Waals surface area contributed by atoms with Crippen LogP contribution in [0.1, 0.15) is 52.4 Å². The van der Waals surface area contributed by atoms with Crippen molar-refractivity contribution in [1.29, 1.82) is 0 Å². The molecule has 0 spiro atoms. The minimum absolute atomic E-state index is 0.286. The topological polar surface area (TPSA) is 21.3 Å². The van der Waals surface area contributed by atoms with Gasteiger partial charge in [0.1, 0.15) is 5.75 Å². The molecule has 1 fully saturated rings. The van der Waals surface area contributed by atoms with E-state index in [1.165, 1.54) is 37.8 Å². The molecule has 1 N–H and O–H groups in total. The Hall–Kier alpha value is -1.18. The van der Waals surface area contributed by atoms with E-state index in [1.807, 2.05) is 6.07 Å². The fraction of sp³-hybridized carbons (Fsp3) is 0.647. The second-order valence-corrected chi connectivity index (χ2v) is 5.75. The van der Waals surface area contributed by atoms with Gasteiger partial charge < -0.3 is 10.1 Å². The fourth-order valence-corrected chi connectivity index (χ4v) is 2.65. The van der Waals surface area contributed by atoms with Crippen LogP contribution in [-0.2, 0) is 0 Å². The Labute approximate surface area is 117 Å². The number of nitrogens with one attached hydrogen (secondary N) is 1. The van der Waals surface area contributed by atoms with Crippen LogP contribution in [0.15, 0.2) is 24.3 Å². The van der Waals surface area contributed by atoms with Crippen LogP contribution in [0.3, 0.4) is 0 Å². The minimum atomic E-state index is 0.286. The van der Waals surface area contributed by atoms with Crippen LogP contribution in [0.2, 0.25) is 0 Å². The molecule has 0 aromatic heterocycles. The molecule has 1 aliphatic carbocycles. The number of ether oxygens (including phenoxy) is 1. The number of hydrogen-bond acceptors (Lipinski definition) is 2. The van der Waals surface area contributed by atoms with Crippen molar-refractivity contribution in [1.82, 2.24) is 0 Å². The molecule has 2 rings (SSSR count). The predicted molar refractivity (Wildman–Crippen MR) is 81.9 cm³/mol. The molecule has 19 heavy (non-hydrogen) atoms. The van der Waals surface area contributed by atoms with Gasteiger partial charge in [-0.1, -0.05) is 32.3 Å². The van der Waals surface area contributed by atoms with Gasteiger partial charge >= 0.3 is 0 Å². The summed E-state index contributed by atoms with van der Waals surface area (Å²) in [6.07, 6.45) is 8.33. The van der Waals surface area contributed by atoms with Crippen molar-refractivity contribution in [3.05, 3.63) is 24.3 Å². The maximum atomic E-state index is 5.86. The molecule has 0 bridgehead atoms. The molecule has 2 heteroatoms. The Morgan fingerprint density at radius 3 is 2.79 bits per heavy atom. The van der Waals surface area contributed by atoms with Crippen molar-refractivity contribution in [2.75, 3.05) is 11.9 Å². The van der Waals surface area contributed by atoms with Gasteiger partial charge in [-0.2, -0.15) is 0 Å². The summed E-state index contributed by atoms with van der Waals surface area (Å²) in [4.78, 5) is 0. The van der Waals surface area contributed by atoms with E-state index in [2.05, 4.69) is 37.4 Å². The number of benzene rings is 1. The molecule has 0 heterocycles. The zero-order chi connectivity index (χ0) is 13.5. The van der Waals surface area contributed by atoms with Gasteiger partial charge in [-0.3, -0.25) is 0 Å². The molecule has 0 amide bonds. The Morgan fingerprint density at radius 1 is 1.26 bits per heavy atom. The first-order valence-electron chi connectivity index (χ1n) is 7.78. The molecule has 106 valence electrons. The monoisotopic (exact) mass is 261 g/mol. The van der Waals surface area contributed by atoms with E-state index in [-0.39, 0.29) is 6.10 Å². The van der Waals surface area contributed by atoms with Crippen molar-refractivity contribution < 1.29 is 4.74 Å². The third-order valence-corrected chi connectivity index (χ3v) is 4.07. The van der Waals surface area contributed by atoms with Gasteiger partial charge in [0.2, 0.25) is 0 Å². The highest BCUT2D eigenvalue weighted by molar-refractivity contribution is 5.48. The fourth-order valence-electron chi connectivity index (χ4n) is 2.65. The summed E-state index contributed by atoms with van der Waals surface area (Å²) in [5.74, 6) is 1.83. The Bertz CT molecular complexity index is 371. The van der Waals surface area contributed by atoms with Gasteiger partial charge in [0.15, 0.2) is 0 Å². The van der Waals surface area contributed by atoms with E-state index in [0.717, 1.165) is 24.6 Å². The molecule has 1 aliphatic rings. The average molecular weight is 261 g/mol. The molecule has 1 aromatic carbocycles. The summed E-state index contributed by atoms with van der Waals surface area (Å²) < 4.78 is 5.86. The summed E-state index contributed by atoms with van der Waals surface area (Å²) in [5.41, 5.74) is 1.19. The zero-order valence-electron chi connectivity index (χ0n) is 12.3. The Morgan fingerprint density at radius 2 is 2.05 bits per heavy atom. The first-order chi connectivity index (χ1) is 9.28. The van der Waals surface area contributed by atoms with Crippen LogP contribution in [-0.4, -0.2) is 12.6 Å². The van der Waals surface area contributed by atoms with E-state index in [0.29, 0.717) is 0 Å². The lowest BCUT2D eigenvalue weighted by Gasteiger charge is -2.22. The van der Waals surface area contributed by atoms with E-state index in [1.54, 1.807) is 0 Å². The quantitative estimate of drug-likeness (QED) is 0.790. The van der Waals surface area contributed by atoms with Gasteiger partial charge in [-0.25, -0.2) is 0 Å². The molecule has 0 aliphatic heterocycles. The Kier molecular flexibility index (Phi) is 5.56. The molecule has 2 nitrogen and oxygen atoms in total. The highest BCUT2D eigenvalue weighted by Gasteiger charge is 2.12. The Balaban J connectivity index is 1.84. The van der Waals surface area contributed by atoms with E-state index in [9.17, 15) is 0 Å². The van der Waals surface area contributed by atoms with Gasteiger partial charge in [-0.05, 0) is 44.2 Å². The maximum Gasteiger partial charge on any atom is 0.121 e. The lowest BCUT2D eigenvalue weighted by Crippen LogP contribution is -2.17. The summed E-state index contributed by atoms with van der Waals surface area (Å²) in [6, 6.07) is 8.36. The normalized spacial score (nSPS) is 18.0. The molecule has 1 atom stereocenters. The third-order valence-electron chi connectivity index (χ3n) is 4.07. The summed E-state index contributed by atoms with van der Waals surface area (Å²) in [6.45, 7) is 5.37. The van der Waals surface area contributed by atoms with Gasteiger partial charge in [0.25, 0.3) is 0 Å². The first kappa shape index (κ1) is 14.2. The van der Waals surface area contributed by atoms with Crippen LogP contribution in [0.5, 0.6) is 5.75 Å². The molecular weight excluding hydrogens is 234 g/mol. The lowest BCUT2D eigenvalue weighted by atomic mass is 9.89. The van der Waals surface area contributed by atoms with E-state index >= 15 is 0 Å². The third kappa shape index (κ3) is 4.77. The summed E-state index contributed by atoms with van der Waals surface area (Å²) >= 11 is 0. The van der Waals surface area contributed by atoms with Crippen LogP contribution in [0.25, 0.3) is 0 Å². The zero-order valence-corrected chi connectivity index (χ0v) is 12.3. The van der Waals surface area contributed by atoms with Crippen LogP contribution in [0.4, 0.5) is 5.69 Å². The largest absolute Gasteiger partial charge is 0.491 e.